The first kappa shape index (κ1) is 16.8. The Bertz CT molecular complexity index is 840. The fraction of sp³-hybridized carbons (Fsp3) is 0.250. The van der Waals surface area contributed by atoms with Gasteiger partial charge >= 0.3 is 0 Å². The van der Waals surface area contributed by atoms with Crippen LogP contribution in [-0.4, -0.2) is 25.9 Å². The Morgan fingerprint density at radius 2 is 2.04 bits per heavy atom. The minimum absolute atomic E-state index is 0.199. The lowest BCUT2D eigenvalue weighted by Crippen LogP contribution is -2.11. The zero-order valence-electron chi connectivity index (χ0n) is 13.2. The van der Waals surface area contributed by atoms with E-state index in [1.54, 1.807) is 23.0 Å². The zero-order chi connectivity index (χ0) is 17.1. The number of amides is 1. The van der Waals surface area contributed by atoms with Crippen LogP contribution in [0.4, 0.5) is 5.13 Å². The Labute approximate surface area is 152 Å². The summed E-state index contributed by atoms with van der Waals surface area (Å²) in [5.74, 6) is 0.312. The number of anilines is 1. The van der Waals surface area contributed by atoms with Crippen LogP contribution in [0.25, 0.3) is 5.69 Å². The second-order valence-electron chi connectivity index (χ2n) is 5.70. The van der Waals surface area contributed by atoms with E-state index in [0.717, 1.165) is 21.6 Å². The first-order chi connectivity index (χ1) is 11.5. The van der Waals surface area contributed by atoms with Crippen LogP contribution >= 0.6 is 27.3 Å². The molecule has 2 aromatic heterocycles. The van der Waals surface area contributed by atoms with Gasteiger partial charge in [-0.3, -0.25) is 10.1 Å². The van der Waals surface area contributed by atoms with Crippen molar-refractivity contribution in [1.29, 1.82) is 0 Å². The van der Waals surface area contributed by atoms with Gasteiger partial charge in [-0.05, 0) is 46.1 Å². The maximum atomic E-state index is 12.3. The van der Waals surface area contributed by atoms with Crippen molar-refractivity contribution in [3.05, 3.63) is 51.7 Å². The van der Waals surface area contributed by atoms with Gasteiger partial charge in [0, 0.05) is 18.2 Å². The molecule has 0 bridgehead atoms. The molecule has 0 fully saturated rings. The highest BCUT2D eigenvalue weighted by molar-refractivity contribution is 9.10. The molecule has 6 nitrogen and oxygen atoms in total. The molecule has 1 amide bonds. The maximum Gasteiger partial charge on any atom is 0.257 e. The average Bonchev–Trinajstić information content (AvgIpc) is 3.16. The van der Waals surface area contributed by atoms with Gasteiger partial charge < -0.3 is 0 Å². The van der Waals surface area contributed by atoms with Gasteiger partial charge in [-0.15, -0.1) is 10.2 Å². The monoisotopic (exact) mass is 405 g/mol. The number of hydrogen-bond donors (Lipinski definition) is 1. The lowest BCUT2D eigenvalue weighted by Gasteiger charge is -2.04. The average molecular weight is 406 g/mol. The number of rotatable bonds is 5. The summed E-state index contributed by atoms with van der Waals surface area (Å²) in [6.45, 7) is 4.25. The Morgan fingerprint density at radius 1 is 1.29 bits per heavy atom. The predicted octanol–water partition coefficient (Wildman–Crippen LogP) is 3.94. The second kappa shape index (κ2) is 7.23. The zero-order valence-corrected chi connectivity index (χ0v) is 15.6. The number of hydrogen-bond acceptors (Lipinski definition) is 5. The van der Waals surface area contributed by atoms with Crippen molar-refractivity contribution in [2.24, 2.45) is 5.92 Å². The van der Waals surface area contributed by atoms with Crippen molar-refractivity contribution >= 4 is 38.3 Å². The summed E-state index contributed by atoms with van der Waals surface area (Å²) < 4.78 is 2.63. The molecule has 2 heterocycles. The van der Waals surface area contributed by atoms with Gasteiger partial charge in [-0.2, -0.15) is 5.10 Å². The van der Waals surface area contributed by atoms with Gasteiger partial charge in [0.05, 0.1) is 16.4 Å². The topological polar surface area (TPSA) is 72.7 Å². The third kappa shape index (κ3) is 4.07. The molecule has 0 spiro atoms. The summed E-state index contributed by atoms with van der Waals surface area (Å²) in [5, 5.41) is 16.6. The number of nitrogens with zero attached hydrogens (tertiary/aromatic N) is 4. The van der Waals surface area contributed by atoms with Gasteiger partial charge in [0.25, 0.3) is 5.91 Å². The van der Waals surface area contributed by atoms with E-state index in [1.165, 1.54) is 11.3 Å². The summed E-state index contributed by atoms with van der Waals surface area (Å²) in [5.41, 5.74) is 1.44. The lowest BCUT2D eigenvalue weighted by molar-refractivity contribution is 0.102. The van der Waals surface area contributed by atoms with Crippen molar-refractivity contribution in [2.75, 3.05) is 5.32 Å². The van der Waals surface area contributed by atoms with E-state index in [4.69, 9.17) is 0 Å². The molecule has 0 aliphatic rings. The van der Waals surface area contributed by atoms with Crippen molar-refractivity contribution in [2.45, 2.75) is 20.3 Å². The predicted molar refractivity (Wildman–Crippen MR) is 97.7 cm³/mol. The minimum Gasteiger partial charge on any atom is -0.296 e. The van der Waals surface area contributed by atoms with Gasteiger partial charge in [0.1, 0.15) is 5.01 Å². The third-order valence-electron chi connectivity index (χ3n) is 3.22. The SMILES string of the molecule is CC(C)Cc1nnc(NC(=O)c2ccc(-n3cc(Br)cn3)cc2)s1. The van der Waals surface area contributed by atoms with E-state index in [1.807, 2.05) is 18.3 Å². The lowest BCUT2D eigenvalue weighted by atomic mass is 10.1. The molecule has 0 saturated carbocycles. The molecule has 24 heavy (non-hydrogen) atoms. The number of nitrogens with one attached hydrogen (secondary N) is 1. The van der Waals surface area contributed by atoms with Gasteiger partial charge in [-0.25, -0.2) is 4.68 Å². The largest absolute Gasteiger partial charge is 0.296 e. The highest BCUT2D eigenvalue weighted by Gasteiger charge is 2.11. The second-order valence-corrected chi connectivity index (χ2v) is 7.68. The molecule has 0 atom stereocenters. The molecule has 8 heteroatoms. The van der Waals surface area contributed by atoms with Crippen LogP contribution in [0.15, 0.2) is 41.1 Å². The molecule has 3 rings (SSSR count). The van der Waals surface area contributed by atoms with E-state index in [9.17, 15) is 4.79 Å². The Balaban J connectivity index is 1.68. The molecule has 0 aliphatic heterocycles. The molecule has 124 valence electrons. The van der Waals surface area contributed by atoms with Crippen LogP contribution in [0.3, 0.4) is 0 Å². The summed E-state index contributed by atoms with van der Waals surface area (Å²) >= 11 is 4.78. The van der Waals surface area contributed by atoms with Gasteiger partial charge in [0.2, 0.25) is 5.13 Å². The summed E-state index contributed by atoms with van der Waals surface area (Å²) in [6.07, 6.45) is 4.43. The minimum atomic E-state index is -0.199. The molecule has 3 aromatic rings. The first-order valence-electron chi connectivity index (χ1n) is 7.45. The normalized spacial score (nSPS) is 11.0. The first-order valence-corrected chi connectivity index (χ1v) is 9.06. The van der Waals surface area contributed by atoms with Crippen LogP contribution in [0.5, 0.6) is 0 Å². The number of carbonyl (C=O) groups excluding carboxylic acids is 1. The molecule has 1 aromatic carbocycles. The highest BCUT2D eigenvalue weighted by atomic mass is 79.9. The molecule has 0 unspecified atom stereocenters. The standard InChI is InChI=1S/C16H16BrN5OS/c1-10(2)7-14-20-21-16(24-14)19-15(23)11-3-5-13(6-4-11)22-9-12(17)8-18-22/h3-6,8-10H,7H2,1-2H3,(H,19,21,23). The molecule has 1 N–H and O–H groups in total. The van der Waals surface area contributed by atoms with E-state index in [-0.39, 0.29) is 5.91 Å². The van der Waals surface area contributed by atoms with Crippen LogP contribution in [-0.2, 0) is 6.42 Å². The van der Waals surface area contributed by atoms with E-state index >= 15 is 0 Å². The van der Waals surface area contributed by atoms with E-state index < -0.39 is 0 Å². The fourth-order valence-corrected chi connectivity index (χ4v) is 3.35. The van der Waals surface area contributed by atoms with Crippen molar-refractivity contribution < 1.29 is 4.79 Å². The molecular formula is C16H16BrN5OS. The van der Waals surface area contributed by atoms with Crippen LogP contribution in [0.1, 0.15) is 29.2 Å². The molecular weight excluding hydrogens is 390 g/mol. The molecule has 0 saturated heterocycles. The van der Waals surface area contributed by atoms with E-state index in [0.29, 0.717) is 16.6 Å². The Morgan fingerprint density at radius 3 is 2.67 bits per heavy atom. The van der Waals surface area contributed by atoms with Crippen LogP contribution in [0, 0.1) is 5.92 Å². The third-order valence-corrected chi connectivity index (χ3v) is 4.49. The number of carbonyl (C=O) groups is 1. The van der Waals surface area contributed by atoms with Gasteiger partial charge in [-0.1, -0.05) is 25.2 Å². The number of aromatic nitrogens is 4. The van der Waals surface area contributed by atoms with Crippen LogP contribution in [0.2, 0.25) is 0 Å². The van der Waals surface area contributed by atoms with E-state index in [2.05, 4.69) is 50.4 Å². The van der Waals surface area contributed by atoms with Crippen LogP contribution < -0.4 is 5.32 Å². The quantitative estimate of drug-likeness (QED) is 0.697. The van der Waals surface area contributed by atoms with Gasteiger partial charge in [0.15, 0.2) is 0 Å². The summed E-state index contributed by atoms with van der Waals surface area (Å²) in [4.78, 5) is 12.3. The Kier molecular flexibility index (Phi) is 5.06. The maximum absolute atomic E-state index is 12.3. The fourth-order valence-electron chi connectivity index (χ4n) is 2.11. The van der Waals surface area contributed by atoms with Crippen molar-refractivity contribution in [1.82, 2.24) is 20.0 Å². The smallest absolute Gasteiger partial charge is 0.257 e. The number of halogens is 1. The summed E-state index contributed by atoms with van der Waals surface area (Å²) in [6, 6.07) is 7.21. The summed E-state index contributed by atoms with van der Waals surface area (Å²) in [7, 11) is 0. The van der Waals surface area contributed by atoms with Crippen molar-refractivity contribution in [3.63, 3.8) is 0 Å². The van der Waals surface area contributed by atoms with Crippen molar-refractivity contribution in [3.8, 4) is 5.69 Å². The molecule has 0 aliphatic carbocycles. The highest BCUT2D eigenvalue weighted by Crippen LogP contribution is 2.19. The Hall–Kier alpha value is -2.06. The number of benzene rings is 1. The molecule has 0 radical (unpaired) electrons.